The van der Waals surface area contributed by atoms with Crippen molar-refractivity contribution in [3.8, 4) is 0 Å². The minimum atomic E-state index is -3.79. The molecule has 0 spiro atoms. The standard InChI is InChI=1S/C3H9ClNO3P/c4-5-2-1-3-9(6,7)8/h5H,1-3H2,(H2,6,7,8). The van der Waals surface area contributed by atoms with Gasteiger partial charge in [0.2, 0.25) is 0 Å². The summed E-state index contributed by atoms with van der Waals surface area (Å²) >= 11 is 5.03. The summed E-state index contributed by atoms with van der Waals surface area (Å²) in [6, 6.07) is 0. The highest BCUT2D eigenvalue weighted by Crippen LogP contribution is 2.34. The minimum Gasteiger partial charge on any atom is -0.324 e. The van der Waals surface area contributed by atoms with E-state index < -0.39 is 7.60 Å². The first-order valence-electron chi connectivity index (χ1n) is 2.44. The molecule has 9 heavy (non-hydrogen) atoms. The number of nitrogens with one attached hydrogen (secondary N) is 1. The van der Waals surface area contributed by atoms with Crippen LogP contribution in [0.1, 0.15) is 6.42 Å². The predicted molar refractivity (Wildman–Crippen MR) is 35.4 cm³/mol. The highest BCUT2D eigenvalue weighted by atomic mass is 35.5. The molecule has 56 valence electrons. The number of hydrogen-bond acceptors (Lipinski definition) is 2. The Bertz CT molecular complexity index is 114. The minimum absolute atomic E-state index is 0.104. The van der Waals surface area contributed by atoms with Crippen LogP contribution in [0.4, 0.5) is 0 Å². The Kier molecular flexibility index (Phi) is 4.44. The first kappa shape index (κ1) is 9.40. The highest BCUT2D eigenvalue weighted by molar-refractivity contribution is 7.51. The van der Waals surface area contributed by atoms with Crippen LogP contribution in [0.15, 0.2) is 0 Å². The van der Waals surface area contributed by atoms with Gasteiger partial charge in [0, 0.05) is 6.54 Å². The Labute approximate surface area is 58.5 Å². The third-order valence-electron chi connectivity index (χ3n) is 0.721. The molecule has 0 aromatic carbocycles. The van der Waals surface area contributed by atoms with Crippen molar-refractivity contribution >= 4 is 19.4 Å². The van der Waals surface area contributed by atoms with E-state index in [4.69, 9.17) is 21.6 Å². The Morgan fingerprint density at radius 2 is 2.11 bits per heavy atom. The normalized spacial score (nSPS) is 11.9. The molecule has 0 unspecified atom stereocenters. The Morgan fingerprint density at radius 1 is 1.56 bits per heavy atom. The van der Waals surface area contributed by atoms with Crippen molar-refractivity contribution in [3.63, 3.8) is 0 Å². The molecule has 0 aliphatic heterocycles. The summed E-state index contributed by atoms with van der Waals surface area (Å²) < 4.78 is 10.1. The van der Waals surface area contributed by atoms with E-state index in [2.05, 4.69) is 4.84 Å². The number of hydrogen-bond donors (Lipinski definition) is 3. The van der Waals surface area contributed by atoms with E-state index in [1.165, 1.54) is 0 Å². The molecule has 0 rings (SSSR count). The summed E-state index contributed by atoms with van der Waals surface area (Å²) in [6.07, 6.45) is 0.292. The van der Waals surface area contributed by atoms with Crippen LogP contribution in [0.5, 0.6) is 0 Å². The van der Waals surface area contributed by atoms with Crippen LogP contribution in [0.25, 0.3) is 0 Å². The molecule has 0 atom stereocenters. The van der Waals surface area contributed by atoms with Crippen LogP contribution in [0.2, 0.25) is 0 Å². The molecule has 0 radical (unpaired) electrons. The summed E-state index contributed by atoms with van der Waals surface area (Å²) in [6.45, 7) is 0.423. The average molecular weight is 174 g/mol. The summed E-state index contributed by atoms with van der Waals surface area (Å²) in [7, 11) is -3.79. The largest absolute Gasteiger partial charge is 0.325 e. The Hall–Kier alpha value is 0.400. The molecule has 0 bridgehead atoms. The van der Waals surface area contributed by atoms with Gasteiger partial charge in [-0.15, -0.1) is 0 Å². The molecular formula is C3H9ClNO3P. The van der Waals surface area contributed by atoms with Crippen molar-refractivity contribution in [2.45, 2.75) is 6.42 Å². The zero-order valence-electron chi connectivity index (χ0n) is 4.75. The van der Waals surface area contributed by atoms with Crippen molar-refractivity contribution < 1.29 is 14.4 Å². The SMILES string of the molecule is O=P(O)(O)CCCNCl. The van der Waals surface area contributed by atoms with Crippen molar-refractivity contribution in [2.24, 2.45) is 0 Å². The van der Waals surface area contributed by atoms with Crippen molar-refractivity contribution in [2.75, 3.05) is 12.7 Å². The van der Waals surface area contributed by atoms with Crippen LogP contribution in [0.3, 0.4) is 0 Å². The molecule has 0 aliphatic carbocycles. The molecule has 0 aromatic rings. The van der Waals surface area contributed by atoms with Gasteiger partial charge in [0.1, 0.15) is 0 Å². The van der Waals surface area contributed by atoms with Crippen LogP contribution in [-0.2, 0) is 4.57 Å². The number of rotatable bonds is 4. The van der Waals surface area contributed by atoms with Crippen LogP contribution < -0.4 is 4.84 Å². The monoisotopic (exact) mass is 173 g/mol. The van der Waals surface area contributed by atoms with E-state index in [0.29, 0.717) is 13.0 Å². The smallest absolute Gasteiger partial charge is 0.324 e. The molecule has 0 aliphatic rings. The van der Waals surface area contributed by atoms with Crippen molar-refractivity contribution in [1.29, 1.82) is 0 Å². The fourth-order valence-corrected chi connectivity index (χ4v) is 1.06. The molecular weight excluding hydrogens is 164 g/mol. The second kappa shape index (κ2) is 4.25. The molecule has 4 nitrogen and oxygen atoms in total. The van der Waals surface area contributed by atoms with Gasteiger partial charge in [0.25, 0.3) is 0 Å². The molecule has 0 amide bonds. The lowest BCUT2D eigenvalue weighted by Crippen LogP contribution is -2.03. The first-order valence-corrected chi connectivity index (χ1v) is 4.62. The van der Waals surface area contributed by atoms with Gasteiger partial charge in [-0.3, -0.25) is 4.57 Å². The van der Waals surface area contributed by atoms with E-state index >= 15 is 0 Å². The maximum absolute atomic E-state index is 10.1. The maximum Gasteiger partial charge on any atom is 0.325 e. The third kappa shape index (κ3) is 8.40. The molecule has 6 heteroatoms. The molecule has 0 saturated carbocycles. The summed E-state index contributed by atoms with van der Waals surface area (Å²) in [5, 5.41) is 0. The topological polar surface area (TPSA) is 69.6 Å². The van der Waals surface area contributed by atoms with Crippen LogP contribution >= 0.6 is 19.4 Å². The lowest BCUT2D eigenvalue weighted by Gasteiger charge is -2.00. The van der Waals surface area contributed by atoms with E-state index in [-0.39, 0.29) is 6.16 Å². The van der Waals surface area contributed by atoms with Crippen molar-refractivity contribution in [3.05, 3.63) is 0 Å². The molecule has 3 N–H and O–H groups in total. The van der Waals surface area contributed by atoms with Gasteiger partial charge < -0.3 is 9.79 Å². The van der Waals surface area contributed by atoms with Gasteiger partial charge in [0.05, 0.1) is 6.16 Å². The second-order valence-electron chi connectivity index (χ2n) is 1.63. The van der Waals surface area contributed by atoms with Gasteiger partial charge in [-0.05, 0) is 18.2 Å². The van der Waals surface area contributed by atoms with Crippen LogP contribution in [0, 0.1) is 0 Å². The zero-order chi connectivity index (χ0) is 7.33. The lowest BCUT2D eigenvalue weighted by atomic mass is 10.5. The van der Waals surface area contributed by atoms with Crippen LogP contribution in [-0.4, -0.2) is 22.5 Å². The summed E-state index contributed by atoms with van der Waals surface area (Å²) in [4.78, 5) is 18.8. The van der Waals surface area contributed by atoms with E-state index in [1.54, 1.807) is 0 Å². The van der Waals surface area contributed by atoms with Gasteiger partial charge >= 0.3 is 7.60 Å². The quantitative estimate of drug-likeness (QED) is 0.325. The van der Waals surface area contributed by atoms with Gasteiger partial charge in [0.15, 0.2) is 0 Å². The first-order chi connectivity index (χ1) is 4.06. The predicted octanol–water partition coefficient (Wildman–Crippen LogP) is 0.298. The average Bonchev–Trinajstić information content (AvgIpc) is 1.63. The fourth-order valence-electron chi connectivity index (χ4n) is 0.352. The molecule has 0 saturated heterocycles. The molecule has 0 aromatic heterocycles. The van der Waals surface area contributed by atoms with E-state index in [1.807, 2.05) is 0 Å². The maximum atomic E-state index is 10.1. The van der Waals surface area contributed by atoms with Gasteiger partial charge in [-0.25, -0.2) is 4.84 Å². The summed E-state index contributed by atoms with van der Waals surface area (Å²) in [5.74, 6) is 0. The van der Waals surface area contributed by atoms with Gasteiger partial charge in [-0.2, -0.15) is 0 Å². The lowest BCUT2D eigenvalue weighted by molar-refractivity contribution is 0.371. The second-order valence-corrected chi connectivity index (χ2v) is 3.67. The third-order valence-corrected chi connectivity index (χ3v) is 1.81. The highest BCUT2D eigenvalue weighted by Gasteiger charge is 2.10. The fraction of sp³-hybridized carbons (Fsp3) is 1.00. The Balaban J connectivity index is 3.18. The Morgan fingerprint density at radius 3 is 2.44 bits per heavy atom. The number of halogens is 1. The molecule has 0 heterocycles. The van der Waals surface area contributed by atoms with Crippen molar-refractivity contribution in [1.82, 2.24) is 4.84 Å². The van der Waals surface area contributed by atoms with E-state index in [0.717, 1.165) is 0 Å². The zero-order valence-corrected chi connectivity index (χ0v) is 6.40. The summed E-state index contributed by atoms with van der Waals surface area (Å²) in [5.41, 5.74) is 0. The van der Waals surface area contributed by atoms with Gasteiger partial charge in [-0.1, -0.05) is 0 Å². The van der Waals surface area contributed by atoms with E-state index in [9.17, 15) is 4.57 Å². The molecule has 0 fully saturated rings.